The molecule has 0 aliphatic carbocycles. The third-order valence-electron chi connectivity index (χ3n) is 3.17. The predicted octanol–water partition coefficient (Wildman–Crippen LogP) is 3.03. The first-order valence-electron chi connectivity index (χ1n) is 7.07. The minimum atomic E-state index is -3.48. The summed E-state index contributed by atoms with van der Waals surface area (Å²) in [6.45, 7) is 3.66. The molecule has 0 heterocycles. The third kappa shape index (κ3) is 4.42. The number of hydrogen-bond acceptors (Lipinski definition) is 3. The number of sulfonamides is 1. The van der Waals surface area contributed by atoms with Gasteiger partial charge in [0.25, 0.3) is 5.91 Å². The Balaban J connectivity index is 2.27. The lowest BCUT2D eigenvalue weighted by atomic mass is 10.2. The van der Waals surface area contributed by atoms with Crippen molar-refractivity contribution in [1.29, 1.82) is 0 Å². The molecule has 0 saturated carbocycles. The second-order valence-corrected chi connectivity index (χ2v) is 7.00. The molecule has 126 valence electrons. The minimum absolute atomic E-state index is 0.111. The molecule has 0 radical (unpaired) electrons. The molecule has 1 N–H and O–H groups in total. The van der Waals surface area contributed by atoms with Crippen molar-refractivity contribution in [1.82, 2.24) is 0 Å². The number of anilines is 2. The summed E-state index contributed by atoms with van der Waals surface area (Å²) >= 11 is 0. The van der Waals surface area contributed by atoms with E-state index in [0.29, 0.717) is 11.4 Å². The van der Waals surface area contributed by atoms with E-state index in [2.05, 4.69) is 11.9 Å². The van der Waals surface area contributed by atoms with Crippen molar-refractivity contribution < 1.29 is 17.6 Å². The van der Waals surface area contributed by atoms with E-state index >= 15 is 0 Å². The summed E-state index contributed by atoms with van der Waals surface area (Å²) in [6.07, 6.45) is 2.56. The summed E-state index contributed by atoms with van der Waals surface area (Å²) in [5.74, 6) is -0.994. The van der Waals surface area contributed by atoms with Crippen LogP contribution in [0.1, 0.15) is 10.4 Å². The van der Waals surface area contributed by atoms with Crippen molar-refractivity contribution in [3.8, 4) is 0 Å². The van der Waals surface area contributed by atoms with Crippen LogP contribution in [0, 0.1) is 5.82 Å². The molecule has 2 rings (SSSR count). The van der Waals surface area contributed by atoms with Crippen LogP contribution < -0.4 is 9.62 Å². The van der Waals surface area contributed by atoms with Crippen LogP contribution >= 0.6 is 0 Å². The second-order valence-electron chi connectivity index (χ2n) is 5.10. The van der Waals surface area contributed by atoms with Crippen LogP contribution in [-0.4, -0.2) is 27.1 Å². The number of amides is 1. The van der Waals surface area contributed by atoms with E-state index in [1.54, 1.807) is 18.2 Å². The largest absolute Gasteiger partial charge is 0.322 e. The van der Waals surface area contributed by atoms with Crippen molar-refractivity contribution in [2.24, 2.45) is 0 Å². The fourth-order valence-electron chi connectivity index (χ4n) is 2.12. The summed E-state index contributed by atoms with van der Waals surface area (Å²) in [6, 6.07) is 11.7. The van der Waals surface area contributed by atoms with E-state index in [4.69, 9.17) is 0 Å². The van der Waals surface area contributed by atoms with Gasteiger partial charge in [-0.2, -0.15) is 0 Å². The predicted molar refractivity (Wildman–Crippen MR) is 93.2 cm³/mol. The Hall–Kier alpha value is -2.67. The van der Waals surface area contributed by atoms with Gasteiger partial charge in [0.1, 0.15) is 5.82 Å². The molecule has 0 atom stereocenters. The van der Waals surface area contributed by atoms with Gasteiger partial charge in [-0.25, -0.2) is 12.8 Å². The molecule has 0 aliphatic rings. The molecule has 24 heavy (non-hydrogen) atoms. The van der Waals surface area contributed by atoms with E-state index < -0.39 is 21.7 Å². The van der Waals surface area contributed by atoms with E-state index in [0.717, 1.165) is 16.6 Å². The summed E-state index contributed by atoms with van der Waals surface area (Å²) in [4.78, 5) is 12.1. The summed E-state index contributed by atoms with van der Waals surface area (Å²) in [5, 5.41) is 2.62. The Morgan fingerprint density at radius 3 is 2.58 bits per heavy atom. The fourth-order valence-corrected chi connectivity index (χ4v) is 2.99. The Labute approximate surface area is 140 Å². The summed E-state index contributed by atoms with van der Waals surface area (Å²) in [7, 11) is -3.48. The number of rotatable bonds is 6. The summed E-state index contributed by atoms with van der Waals surface area (Å²) in [5.41, 5.74) is 0.973. The van der Waals surface area contributed by atoms with Gasteiger partial charge in [-0.15, -0.1) is 6.58 Å². The van der Waals surface area contributed by atoms with E-state index in [9.17, 15) is 17.6 Å². The number of nitrogens with zero attached hydrogens (tertiary/aromatic N) is 1. The normalized spacial score (nSPS) is 10.9. The Morgan fingerprint density at radius 2 is 1.96 bits per heavy atom. The van der Waals surface area contributed by atoms with Gasteiger partial charge in [0, 0.05) is 11.3 Å². The zero-order valence-corrected chi connectivity index (χ0v) is 13.9. The molecule has 0 bridgehead atoms. The highest BCUT2D eigenvalue weighted by atomic mass is 32.2. The highest BCUT2D eigenvalue weighted by Gasteiger charge is 2.16. The standard InChI is InChI=1S/C17H17FN2O3S/c1-3-10-20(24(2,22)23)16-9-5-8-15(12-16)19-17(21)13-6-4-7-14(18)11-13/h3-9,11-12H,1,10H2,2H3,(H,19,21). The molecule has 0 saturated heterocycles. The van der Waals surface area contributed by atoms with Gasteiger partial charge < -0.3 is 5.32 Å². The van der Waals surface area contributed by atoms with Gasteiger partial charge in [-0.3, -0.25) is 9.10 Å². The van der Waals surface area contributed by atoms with Gasteiger partial charge in [0.05, 0.1) is 18.5 Å². The van der Waals surface area contributed by atoms with Crippen molar-refractivity contribution in [2.45, 2.75) is 0 Å². The molecule has 0 fully saturated rings. The van der Waals surface area contributed by atoms with Crippen LogP contribution in [0.3, 0.4) is 0 Å². The number of halogens is 1. The van der Waals surface area contributed by atoms with Crippen molar-refractivity contribution >= 4 is 27.3 Å². The Morgan fingerprint density at radius 1 is 1.25 bits per heavy atom. The number of carbonyl (C=O) groups excluding carboxylic acids is 1. The van der Waals surface area contributed by atoms with Crippen molar-refractivity contribution in [3.05, 3.63) is 72.6 Å². The van der Waals surface area contributed by atoms with Crippen molar-refractivity contribution in [2.75, 3.05) is 22.4 Å². The SMILES string of the molecule is C=CCN(c1cccc(NC(=O)c2cccc(F)c2)c1)S(C)(=O)=O. The quantitative estimate of drug-likeness (QED) is 0.816. The Kier molecular flexibility index (Phi) is 5.35. The van der Waals surface area contributed by atoms with Crippen LogP contribution in [0.25, 0.3) is 0 Å². The molecule has 2 aromatic rings. The van der Waals surface area contributed by atoms with Gasteiger partial charge in [-0.1, -0.05) is 18.2 Å². The topological polar surface area (TPSA) is 66.5 Å². The maximum absolute atomic E-state index is 13.2. The lowest BCUT2D eigenvalue weighted by Gasteiger charge is -2.21. The van der Waals surface area contributed by atoms with Crippen LogP contribution in [-0.2, 0) is 10.0 Å². The van der Waals surface area contributed by atoms with Gasteiger partial charge in [-0.05, 0) is 36.4 Å². The first kappa shape index (κ1) is 17.7. The average Bonchev–Trinajstić information content (AvgIpc) is 2.51. The molecular formula is C17H17FN2O3S. The lowest BCUT2D eigenvalue weighted by Crippen LogP contribution is -2.29. The fraction of sp³-hybridized carbons (Fsp3) is 0.118. The highest BCUT2D eigenvalue weighted by molar-refractivity contribution is 7.92. The molecule has 0 unspecified atom stereocenters. The first-order chi connectivity index (χ1) is 11.3. The molecular weight excluding hydrogens is 331 g/mol. The number of hydrogen-bond donors (Lipinski definition) is 1. The number of nitrogens with one attached hydrogen (secondary N) is 1. The maximum Gasteiger partial charge on any atom is 0.255 e. The molecule has 0 spiro atoms. The van der Waals surface area contributed by atoms with Crippen LogP contribution in [0.2, 0.25) is 0 Å². The molecule has 0 aliphatic heterocycles. The molecule has 2 aromatic carbocycles. The third-order valence-corrected chi connectivity index (χ3v) is 4.33. The Bertz CT molecular complexity index is 866. The van der Waals surface area contributed by atoms with Crippen molar-refractivity contribution in [3.63, 3.8) is 0 Å². The van der Waals surface area contributed by atoms with Crippen LogP contribution in [0.15, 0.2) is 61.2 Å². The number of benzene rings is 2. The highest BCUT2D eigenvalue weighted by Crippen LogP contribution is 2.22. The zero-order chi connectivity index (χ0) is 17.7. The van der Waals surface area contributed by atoms with E-state index in [-0.39, 0.29) is 12.1 Å². The minimum Gasteiger partial charge on any atom is -0.322 e. The van der Waals surface area contributed by atoms with Gasteiger partial charge in [0.15, 0.2) is 0 Å². The molecule has 0 aromatic heterocycles. The maximum atomic E-state index is 13.2. The van der Waals surface area contributed by atoms with E-state index in [1.165, 1.54) is 30.3 Å². The van der Waals surface area contributed by atoms with E-state index in [1.807, 2.05) is 0 Å². The number of carbonyl (C=O) groups is 1. The summed E-state index contributed by atoms with van der Waals surface area (Å²) < 4.78 is 38.1. The van der Waals surface area contributed by atoms with Crippen LogP contribution in [0.5, 0.6) is 0 Å². The molecule has 5 nitrogen and oxygen atoms in total. The molecule has 1 amide bonds. The monoisotopic (exact) mass is 348 g/mol. The van der Waals surface area contributed by atoms with Gasteiger partial charge >= 0.3 is 0 Å². The second kappa shape index (κ2) is 7.27. The van der Waals surface area contributed by atoms with Crippen LogP contribution in [0.4, 0.5) is 15.8 Å². The zero-order valence-electron chi connectivity index (χ0n) is 13.1. The van der Waals surface area contributed by atoms with Gasteiger partial charge in [0.2, 0.25) is 10.0 Å². The smallest absolute Gasteiger partial charge is 0.255 e. The lowest BCUT2D eigenvalue weighted by molar-refractivity contribution is 0.102. The first-order valence-corrected chi connectivity index (χ1v) is 8.91. The molecule has 7 heteroatoms. The average molecular weight is 348 g/mol.